The third-order valence-corrected chi connectivity index (χ3v) is 6.10. The van der Waals surface area contributed by atoms with Crippen molar-refractivity contribution in [3.05, 3.63) is 0 Å². The van der Waals surface area contributed by atoms with Crippen molar-refractivity contribution >= 4 is 10.4 Å². The Bertz CT molecular complexity index is 458. The zero-order valence-corrected chi connectivity index (χ0v) is 21.9. The summed E-state index contributed by atoms with van der Waals surface area (Å²) in [6.07, 6.45) is 19.5. The van der Waals surface area contributed by atoms with Crippen molar-refractivity contribution in [3.8, 4) is 0 Å². The van der Waals surface area contributed by atoms with Crippen LogP contribution in [-0.2, 0) is 14.6 Å². The van der Waals surface area contributed by atoms with E-state index in [2.05, 4.69) is 6.92 Å². The highest BCUT2D eigenvalue weighted by Crippen LogP contribution is 2.19. The molecule has 0 bridgehead atoms. The summed E-state index contributed by atoms with van der Waals surface area (Å²) in [7, 11) is -0.443. The maximum atomic E-state index is 11.1. The molecule has 178 valence electrons. The van der Waals surface area contributed by atoms with Crippen LogP contribution in [0.15, 0.2) is 0 Å². The van der Waals surface area contributed by atoms with E-state index >= 15 is 0 Å². The lowest BCUT2D eigenvalue weighted by atomic mass is 10.0. The van der Waals surface area contributed by atoms with Gasteiger partial charge in [0.25, 0.3) is 0 Å². The smallest absolute Gasteiger partial charge is 0.402 e. The number of rotatable bonds is 20. The van der Waals surface area contributed by atoms with Crippen molar-refractivity contribution in [2.45, 2.75) is 123 Å². The van der Waals surface area contributed by atoms with Crippen LogP contribution in [0.2, 0.25) is 0 Å². The third kappa shape index (κ3) is 20.0. The maximum Gasteiger partial charge on any atom is 0.402 e. The van der Waals surface area contributed by atoms with Gasteiger partial charge < -0.3 is 21.5 Å². The van der Waals surface area contributed by atoms with Gasteiger partial charge >= 0.3 is 10.4 Å². The van der Waals surface area contributed by atoms with E-state index < -0.39 is 16.6 Å². The molecule has 1 N–H and O–H groups in total. The molecule has 0 aliphatic heterocycles. The Morgan fingerprint density at radius 2 is 1.10 bits per heavy atom. The van der Waals surface area contributed by atoms with Crippen molar-refractivity contribution in [2.24, 2.45) is 0 Å². The van der Waals surface area contributed by atoms with Crippen LogP contribution in [0.25, 0.3) is 0 Å². The highest BCUT2D eigenvalue weighted by atomic mass is 79.9. The predicted octanol–water partition coefficient (Wildman–Crippen LogP) is 3.49. The van der Waals surface area contributed by atoms with Gasteiger partial charge in [-0.05, 0) is 19.3 Å². The molecule has 0 radical (unpaired) electrons. The first kappa shape index (κ1) is 31.5. The number of unbranched alkanes of at least 4 members (excludes halogenated alkanes) is 13. The molecule has 0 rings (SSSR count). The molecule has 0 fully saturated rings. The first-order valence-corrected chi connectivity index (χ1v) is 13.1. The molecule has 0 saturated heterocycles. The minimum atomic E-state index is -4.40. The molecule has 0 heterocycles. The highest BCUT2D eigenvalue weighted by molar-refractivity contribution is 7.80. The van der Waals surface area contributed by atoms with E-state index in [9.17, 15) is 8.42 Å². The van der Waals surface area contributed by atoms with Gasteiger partial charge in [-0.2, -0.15) is 12.6 Å². The summed E-state index contributed by atoms with van der Waals surface area (Å²) < 4.78 is 36.6. The summed E-state index contributed by atoms with van der Waals surface area (Å²) in [4.78, 5) is 0. The fourth-order valence-corrected chi connectivity index (χ4v) is 4.37. The molecule has 1 atom stereocenters. The van der Waals surface area contributed by atoms with Crippen molar-refractivity contribution in [1.82, 2.24) is 0 Å². The molecule has 29 heavy (non-hydrogen) atoms. The third-order valence-electron chi connectivity index (χ3n) is 5.64. The second-order valence-corrected chi connectivity index (χ2v) is 9.91. The number of nitrogens with zero attached hydrogens (tertiary/aromatic N) is 1. The van der Waals surface area contributed by atoms with Crippen LogP contribution >= 0.6 is 0 Å². The first-order chi connectivity index (χ1) is 13.2. The van der Waals surface area contributed by atoms with Crippen LogP contribution in [0.3, 0.4) is 0 Å². The average molecular weight is 503 g/mol. The predicted molar refractivity (Wildman–Crippen MR) is 119 cm³/mol. The van der Waals surface area contributed by atoms with Crippen molar-refractivity contribution in [3.63, 3.8) is 0 Å². The van der Waals surface area contributed by atoms with Crippen LogP contribution in [0, 0.1) is 0 Å². The second kappa shape index (κ2) is 19.0. The van der Waals surface area contributed by atoms with E-state index in [1.54, 1.807) is 0 Å². The van der Waals surface area contributed by atoms with Gasteiger partial charge in [-0.3, -0.25) is 4.55 Å². The van der Waals surface area contributed by atoms with Crippen LogP contribution in [0.1, 0.15) is 117 Å². The molecule has 1 unspecified atom stereocenters. The Kier molecular flexibility index (Phi) is 20.7. The normalized spacial score (nSPS) is 13.3. The van der Waals surface area contributed by atoms with Gasteiger partial charge in [-0.1, -0.05) is 90.9 Å². The van der Waals surface area contributed by atoms with E-state index in [0.29, 0.717) is 10.9 Å². The molecule has 0 saturated carbocycles. The number of hydrogen-bond donors (Lipinski definition) is 1. The van der Waals surface area contributed by atoms with E-state index in [0.717, 1.165) is 19.4 Å². The van der Waals surface area contributed by atoms with E-state index in [4.69, 9.17) is 8.74 Å². The van der Waals surface area contributed by atoms with Gasteiger partial charge in [0.2, 0.25) is 6.23 Å². The number of hydrogen-bond acceptors (Lipinski definition) is 3. The summed E-state index contributed by atoms with van der Waals surface area (Å²) in [5.74, 6) is 0. The summed E-state index contributed by atoms with van der Waals surface area (Å²) in [5, 5.41) is 0. The Morgan fingerprint density at radius 3 is 1.45 bits per heavy atom. The molecule has 0 aromatic carbocycles. The minimum absolute atomic E-state index is 0. The second-order valence-electron chi connectivity index (χ2n) is 8.87. The van der Waals surface area contributed by atoms with Gasteiger partial charge in [-0.15, -0.1) is 0 Å². The molecule has 0 aromatic rings. The highest BCUT2D eigenvalue weighted by Gasteiger charge is 2.32. The lowest BCUT2D eigenvalue weighted by molar-refractivity contribution is -0.934. The lowest BCUT2D eigenvalue weighted by Crippen LogP contribution is -3.00. The standard InChI is InChI=1S/C22H47NO4S.BrH/c1-5-7-8-9-10-11-12-13-14-15-16-17-18-19-21-23(3,4)22(20-6-2)27-28(24,25)26;/h22H,5-21H2,1-4H3;1H. The van der Waals surface area contributed by atoms with Crippen molar-refractivity contribution in [1.29, 1.82) is 0 Å². The first-order valence-electron chi connectivity index (χ1n) is 11.7. The molecular weight excluding hydrogens is 454 g/mol. The Morgan fingerprint density at radius 1 is 0.724 bits per heavy atom. The molecule has 0 amide bonds. The largest absolute Gasteiger partial charge is 1.00 e. The molecule has 0 aromatic heterocycles. The fourth-order valence-electron chi connectivity index (χ4n) is 3.76. The Labute approximate surface area is 192 Å². The lowest BCUT2D eigenvalue weighted by Gasteiger charge is -2.36. The topological polar surface area (TPSA) is 63.6 Å². The number of quaternary nitrogens is 1. The van der Waals surface area contributed by atoms with E-state index in [1.807, 2.05) is 21.0 Å². The van der Waals surface area contributed by atoms with Gasteiger partial charge in [0.05, 0.1) is 20.6 Å². The van der Waals surface area contributed by atoms with Crippen LogP contribution in [0.5, 0.6) is 0 Å². The van der Waals surface area contributed by atoms with Gasteiger partial charge in [0.15, 0.2) is 0 Å². The number of halogens is 1. The van der Waals surface area contributed by atoms with Crippen LogP contribution < -0.4 is 17.0 Å². The molecule has 7 heteroatoms. The quantitative estimate of drug-likeness (QED) is 0.120. The van der Waals surface area contributed by atoms with Gasteiger partial charge in [0.1, 0.15) is 0 Å². The average Bonchev–Trinajstić information content (AvgIpc) is 2.60. The van der Waals surface area contributed by atoms with Crippen LogP contribution in [0.4, 0.5) is 0 Å². The maximum absolute atomic E-state index is 11.1. The Balaban J connectivity index is 0. The monoisotopic (exact) mass is 501 g/mol. The van der Waals surface area contributed by atoms with Gasteiger partial charge in [0, 0.05) is 6.42 Å². The molecule has 0 spiro atoms. The van der Waals surface area contributed by atoms with E-state index in [-0.39, 0.29) is 17.0 Å². The molecule has 5 nitrogen and oxygen atoms in total. The van der Waals surface area contributed by atoms with Crippen molar-refractivity contribution < 1.29 is 38.6 Å². The summed E-state index contributed by atoms with van der Waals surface area (Å²) >= 11 is 0. The minimum Gasteiger partial charge on any atom is -1.00 e. The zero-order valence-electron chi connectivity index (χ0n) is 19.5. The zero-order chi connectivity index (χ0) is 21.3. The fraction of sp³-hybridized carbons (Fsp3) is 1.00. The summed E-state index contributed by atoms with van der Waals surface area (Å²) in [6.45, 7) is 5.12. The summed E-state index contributed by atoms with van der Waals surface area (Å²) in [6, 6.07) is 0. The van der Waals surface area contributed by atoms with Gasteiger partial charge in [-0.25, -0.2) is 0 Å². The summed E-state index contributed by atoms with van der Waals surface area (Å²) in [5.41, 5.74) is 0. The van der Waals surface area contributed by atoms with E-state index in [1.165, 1.54) is 83.5 Å². The molecule has 0 aliphatic carbocycles. The molecular formula is C22H48BrNO4S. The van der Waals surface area contributed by atoms with Crippen LogP contribution in [-0.4, -0.2) is 44.3 Å². The van der Waals surface area contributed by atoms with Crippen molar-refractivity contribution in [2.75, 3.05) is 20.6 Å². The Hall–Kier alpha value is 0.310. The SMILES string of the molecule is CCCCCCCCCCCCCCCC[N+](C)(C)C(CCC)OS(=O)(=O)O.[Br-]. The molecule has 0 aliphatic rings.